The molecule has 2 amide bonds. The smallest absolute Gasteiger partial charge is 0.231 e. The van der Waals surface area contributed by atoms with E-state index < -0.39 is 5.41 Å². The third kappa shape index (κ3) is 3.40. The minimum Gasteiger partial charge on any atom is -0.383 e. The second-order valence-electron chi connectivity index (χ2n) is 7.17. The Bertz CT molecular complexity index is 666. The molecule has 2 aliphatic heterocycles. The zero-order chi connectivity index (χ0) is 18.0. The molecule has 1 aromatic carbocycles. The number of carbonyl (C=O) groups excluding carboxylic acids is 2. The van der Waals surface area contributed by atoms with Crippen molar-refractivity contribution >= 4 is 11.8 Å². The number of hydrogen-bond donors (Lipinski definition) is 0. The van der Waals surface area contributed by atoms with E-state index in [4.69, 9.17) is 4.74 Å². The molecule has 1 aromatic rings. The van der Waals surface area contributed by atoms with Gasteiger partial charge in [-0.2, -0.15) is 0 Å². The average molecular weight is 348 g/mol. The summed E-state index contributed by atoms with van der Waals surface area (Å²) in [7, 11) is 1.63. The molecule has 1 spiro atoms. The maximum absolute atomic E-state index is 13.3. The molecule has 2 fully saturated rings. The molecule has 2 heterocycles. The van der Waals surface area contributed by atoms with Crippen molar-refractivity contribution in [1.82, 2.24) is 9.80 Å². The fourth-order valence-corrected chi connectivity index (χ4v) is 4.07. The number of nitrogens with zero attached hydrogens (tertiary/aromatic N) is 2. The van der Waals surface area contributed by atoms with Crippen molar-refractivity contribution in [2.24, 2.45) is 11.3 Å². The van der Waals surface area contributed by atoms with E-state index in [-0.39, 0.29) is 30.0 Å². The fourth-order valence-electron chi connectivity index (χ4n) is 4.07. The van der Waals surface area contributed by atoms with E-state index in [0.29, 0.717) is 31.8 Å². The van der Waals surface area contributed by atoms with Crippen LogP contribution in [0, 0.1) is 17.2 Å². The lowest BCUT2D eigenvalue weighted by Crippen LogP contribution is -2.41. The van der Waals surface area contributed by atoms with Crippen molar-refractivity contribution in [3.05, 3.63) is 35.6 Å². The predicted molar refractivity (Wildman–Crippen MR) is 91.4 cm³/mol. The molecule has 136 valence electrons. The van der Waals surface area contributed by atoms with Crippen LogP contribution in [0.15, 0.2) is 24.3 Å². The molecule has 5 nitrogen and oxygen atoms in total. The van der Waals surface area contributed by atoms with Gasteiger partial charge in [0, 0.05) is 33.3 Å². The van der Waals surface area contributed by atoms with Crippen molar-refractivity contribution < 1.29 is 18.7 Å². The second kappa shape index (κ2) is 7.12. The van der Waals surface area contributed by atoms with E-state index in [1.54, 1.807) is 24.1 Å². The zero-order valence-corrected chi connectivity index (χ0v) is 14.8. The molecular formula is C19H25FN2O3. The molecule has 6 heteroatoms. The van der Waals surface area contributed by atoms with Crippen LogP contribution in [0.25, 0.3) is 0 Å². The summed E-state index contributed by atoms with van der Waals surface area (Å²) in [5.74, 6) is -0.115. The van der Waals surface area contributed by atoms with E-state index in [9.17, 15) is 14.0 Å². The Labute approximate surface area is 147 Å². The van der Waals surface area contributed by atoms with Crippen LogP contribution in [0.1, 0.15) is 18.9 Å². The first kappa shape index (κ1) is 17.9. The Hall–Kier alpha value is -1.95. The lowest BCUT2D eigenvalue weighted by atomic mass is 9.78. The lowest BCUT2D eigenvalue weighted by Gasteiger charge is -2.26. The largest absolute Gasteiger partial charge is 0.383 e. The van der Waals surface area contributed by atoms with Crippen LogP contribution in [0.3, 0.4) is 0 Å². The van der Waals surface area contributed by atoms with Gasteiger partial charge in [0.05, 0.1) is 18.4 Å². The van der Waals surface area contributed by atoms with Gasteiger partial charge in [0.1, 0.15) is 5.82 Å². The predicted octanol–water partition coefficient (Wildman–Crippen LogP) is 1.71. The summed E-state index contributed by atoms with van der Waals surface area (Å²) >= 11 is 0. The number of ether oxygens (including phenoxy) is 1. The first-order chi connectivity index (χ1) is 12.0. The van der Waals surface area contributed by atoms with Gasteiger partial charge in [-0.25, -0.2) is 4.39 Å². The molecule has 2 saturated heterocycles. The van der Waals surface area contributed by atoms with Crippen LogP contribution in [0.5, 0.6) is 0 Å². The van der Waals surface area contributed by atoms with E-state index in [1.807, 2.05) is 11.8 Å². The third-order valence-electron chi connectivity index (χ3n) is 5.61. The molecule has 3 rings (SSSR count). The van der Waals surface area contributed by atoms with Gasteiger partial charge in [0.15, 0.2) is 0 Å². The number of amides is 2. The normalized spacial score (nSPS) is 26.0. The topological polar surface area (TPSA) is 49.9 Å². The minimum atomic E-state index is -0.467. The molecule has 2 aliphatic rings. The molecule has 0 radical (unpaired) electrons. The van der Waals surface area contributed by atoms with Gasteiger partial charge >= 0.3 is 0 Å². The highest BCUT2D eigenvalue weighted by atomic mass is 19.1. The highest BCUT2D eigenvalue weighted by molar-refractivity contribution is 5.88. The number of rotatable bonds is 5. The Morgan fingerprint density at radius 1 is 1.44 bits per heavy atom. The number of likely N-dealkylation sites (tertiary alicyclic amines) is 2. The van der Waals surface area contributed by atoms with Gasteiger partial charge in [-0.1, -0.05) is 19.1 Å². The molecule has 0 unspecified atom stereocenters. The summed E-state index contributed by atoms with van der Waals surface area (Å²) in [5.41, 5.74) is 0.198. The standard InChI is InChI=1S/C19H25FN2O3/c1-14-12-22(17(23)11-15-4-3-5-16(20)10-15)13-19(14)6-7-21(18(19)24)8-9-25-2/h3-5,10,14H,6-9,11-13H2,1-2H3/t14-,19-/m0/s1. The van der Waals surface area contributed by atoms with E-state index in [0.717, 1.165) is 13.0 Å². The fraction of sp³-hybridized carbons (Fsp3) is 0.579. The highest BCUT2D eigenvalue weighted by Crippen LogP contribution is 2.44. The van der Waals surface area contributed by atoms with Gasteiger partial charge in [-0.15, -0.1) is 0 Å². The maximum Gasteiger partial charge on any atom is 0.231 e. The molecular weight excluding hydrogens is 323 g/mol. The summed E-state index contributed by atoms with van der Waals surface area (Å²) in [6.07, 6.45) is 0.947. The number of benzene rings is 1. The molecule has 0 aliphatic carbocycles. The Kier molecular flexibility index (Phi) is 5.08. The van der Waals surface area contributed by atoms with Crippen LogP contribution in [0.4, 0.5) is 4.39 Å². The summed E-state index contributed by atoms with van der Waals surface area (Å²) in [5, 5.41) is 0. The SMILES string of the molecule is COCCN1CC[C@@]2(CN(C(=O)Cc3cccc(F)c3)C[C@@H]2C)C1=O. The van der Waals surface area contributed by atoms with Crippen molar-refractivity contribution in [2.45, 2.75) is 19.8 Å². The van der Waals surface area contributed by atoms with Gasteiger partial charge < -0.3 is 14.5 Å². The number of hydrogen-bond acceptors (Lipinski definition) is 3. The Morgan fingerprint density at radius 2 is 2.24 bits per heavy atom. The number of carbonyl (C=O) groups is 2. The zero-order valence-electron chi connectivity index (χ0n) is 14.8. The molecule has 2 atom stereocenters. The van der Waals surface area contributed by atoms with Gasteiger partial charge in [-0.3, -0.25) is 9.59 Å². The highest BCUT2D eigenvalue weighted by Gasteiger charge is 2.55. The van der Waals surface area contributed by atoms with Crippen LogP contribution in [-0.2, 0) is 20.7 Å². The first-order valence-electron chi connectivity index (χ1n) is 8.77. The van der Waals surface area contributed by atoms with Crippen LogP contribution in [0.2, 0.25) is 0 Å². The Morgan fingerprint density at radius 3 is 2.96 bits per heavy atom. The second-order valence-corrected chi connectivity index (χ2v) is 7.17. The summed E-state index contributed by atoms with van der Waals surface area (Å²) < 4.78 is 18.4. The maximum atomic E-state index is 13.3. The van der Waals surface area contributed by atoms with Crippen molar-refractivity contribution in [3.63, 3.8) is 0 Å². The van der Waals surface area contributed by atoms with E-state index in [1.165, 1.54) is 12.1 Å². The van der Waals surface area contributed by atoms with Gasteiger partial charge in [-0.05, 0) is 30.0 Å². The van der Waals surface area contributed by atoms with E-state index >= 15 is 0 Å². The molecule has 0 aromatic heterocycles. The van der Waals surface area contributed by atoms with Crippen molar-refractivity contribution in [3.8, 4) is 0 Å². The average Bonchev–Trinajstić information content (AvgIpc) is 3.08. The summed E-state index contributed by atoms with van der Waals surface area (Å²) in [6, 6.07) is 6.12. The van der Waals surface area contributed by atoms with Crippen LogP contribution < -0.4 is 0 Å². The van der Waals surface area contributed by atoms with Gasteiger partial charge in [0.25, 0.3) is 0 Å². The first-order valence-corrected chi connectivity index (χ1v) is 8.77. The van der Waals surface area contributed by atoms with Crippen LogP contribution >= 0.6 is 0 Å². The van der Waals surface area contributed by atoms with Crippen molar-refractivity contribution in [2.75, 3.05) is 39.9 Å². The molecule has 0 N–H and O–H groups in total. The van der Waals surface area contributed by atoms with Crippen LogP contribution in [-0.4, -0.2) is 61.5 Å². The summed E-state index contributed by atoms with van der Waals surface area (Å²) in [4.78, 5) is 29.1. The van der Waals surface area contributed by atoms with Gasteiger partial charge in [0.2, 0.25) is 11.8 Å². The minimum absolute atomic E-state index is 0.0440. The lowest BCUT2D eigenvalue weighted by molar-refractivity contribution is -0.138. The number of halogens is 1. The monoisotopic (exact) mass is 348 g/mol. The Balaban J connectivity index is 1.67. The summed E-state index contributed by atoms with van der Waals surface area (Å²) in [6.45, 7) is 4.94. The molecule has 0 saturated carbocycles. The van der Waals surface area contributed by atoms with E-state index in [2.05, 4.69) is 0 Å². The third-order valence-corrected chi connectivity index (χ3v) is 5.61. The quantitative estimate of drug-likeness (QED) is 0.814. The molecule has 25 heavy (non-hydrogen) atoms. The number of methoxy groups -OCH3 is 1. The van der Waals surface area contributed by atoms with Crippen molar-refractivity contribution in [1.29, 1.82) is 0 Å². The molecule has 0 bridgehead atoms.